The molecule has 0 aliphatic heterocycles. The van der Waals surface area contributed by atoms with Crippen molar-refractivity contribution in [2.45, 2.75) is 99.2 Å². The Morgan fingerprint density at radius 3 is 1.58 bits per heavy atom. The lowest BCUT2D eigenvalue weighted by atomic mass is 10.0. The van der Waals surface area contributed by atoms with Crippen molar-refractivity contribution in [3.63, 3.8) is 0 Å². The molecule has 9 nitrogen and oxygen atoms in total. The average molecular weight is 654 g/mol. The number of rotatable bonds is 16. The van der Waals surface area contributed by atoms with Gasteiger partial charge in [0.2, 0.25) is 0 Å². The predicted molar refractivity (Wildman–Crippen MR) is 191 cm³/mol. The van der Waals surface area contributed by atoms with Gasteiger partial charge in [0, 0.05) is 61.8 Å². The first-order valence-corrected chi connectivity index (χ1v) is 16.9. The molecule has 0 radical (unpaired) electrons. The number of hydrogen-bond donors (Lipinski definition) is 0. The molecular weight excluding hydrogens is 602 g/mol. The van der Waals surface area contributed by atoms with Crippen LogP contribution < -0.4 is 9.47 Å². The van der Waals surface area contributed by atoms with Crippen molar-refractivity contribution in [3.8, 4) is 11.5 Å². The van der Waals surface area contributed by atoms with Gasteiger partial charge in [-0.05, 0) is 96.5 Å². The minimum Gasteiger partial charge on any atom is -0.480 e. The molecule has 2 heterocycles. The maximum atomic E-state index is 13.6. The molecule has 4 aromatic rings. The van der Waals surface area contributed by atoms with Crippen LogP contribution in [-0.4, -0.2) is 73.9 Å². The number of nitrogens with zero attached hydrogens (tertiary/aromatic N) is 5. The normalized spacial score (nSPS) is 11.6. The fourth-order valence-electron chi connectivity index (χ4n) is 6.40. The molecule has 0 spiro atoms. The molecule has 2 aromatic heterocycles. The summed E-state index contributed by atoms with van der Waals surface area (Å²) < 4.78 is 12.9. The van der Waals surface area contributed by atoms with Gasteiger partial charge in [0.05, 0.1) is 11.4 Å². The minimum absolute atomic E-state index is 0.0100. The molecule has 4 rings (SSSR count). The Labute approximate surface area is 285 Å². The van der Waals surface area contributed by atoms with Gasteiger partial charge in [-0.15, -0.1) is 0 Å². The second-order valence-corrected chi connectivity index (χ2v) is 13.2. The van der Waals surface area contributed by atoms with Gasteiger partial charge < -0.3 is 19.3 Å². The number of ether oxygens (including phenoxy) is 2. The zero-order chi connectivity index (χ0) is 34.8. The zero-order valence-corrected chi connectivity index (χ0v) is 29.7. The summed E-state index contributed by atoms with van der Waals surface area (Å²) >= 11 is 0. The molecule has 2 amide bonds. The van der Waals surface area contributed by atoms with E-state index in [0.717, 1.165) is 27.7 Å². The van der Waals surface area contributed by atoms with E-state index in [1.807, 2.05) is 126 Å². The molecule has 0 unspecified atom stereocenters. The quantitative estimate of drug-likeness (QED) is 0.130. The maximum Gasteiger partial charge on any atom is 0.260 e. The monoisotopic (exact) mass is 653 g/mol. The largest absolute Gasteiger partial charge is 0.480 e. The molecule has 0 aliphatic rings. The van der Waals surface area contributed by atoms with E-state index < -0.39 is 0 Å². The standard InChI is InChI=1S/C39H51N5O4/c1-27(2)43(28(3)4)37(45)25-47-36-21-31-15-9-10-18-34(31)35(39(36)48-26-38(46)44(29(5)6)30(7)8)24-42(22-32-16-11-13-19-40-32)23-33-17-12-14-20-41-33/h9-21,27-30H,22-26H2,1-8H3. The van der Waals surface area contributed by atoms with Gasteiger partial charge in [0.1, 0.15) is 0 Å². The Morgan fingerprint density at radius 2 is 1.10 bits per heavy atom. The Kier molecular flexibility index (Phi) is 12.9. The number of carbonyl (C=O) groups excluding carboxylic acids is 2. The highest BCUT2D eigenvalue weighted by Gasteiger charge is 2.26. The number of amides is 2. The van der Waals surface area contributed by atoms with E-state index in [0.29, 0.717) is 31.1 Å². The van der Waals surface area contributed by atoms with E-state index in [1.165, 1.54) is 0 Å². The number of carbonyl (C=O) groups is 2. The van der Waals surface area contributed by atoms with Crippen molar-refractivity contribution >= 4 is 22.6 Å². The first-order valence-electron chi connectivity index (χ1n) is 16.9. The number of aromatic nitrogens is 2. The first-order chi connectivity index (χ1) is 23.0. The summed E-state index contributed by atoms with van der Waals surface area (Å²) in [7, 11) is 0. The summed E-state index contributed by atoms with van der Waals surface area (Å²) in [5.41, 5.74) is 2.70. The third-order valence-electron chi connectivity index (χ3n) is 8.17. The lowest BCUT2D eigenvalue weighted by Crippen LogP contribution is -2.44. The fourth-order valence-corrected chi connectivity index (χ4v) is 6.40. The molecule has 9 heteroatoms. The third-order valence-corrected chi connectivity index (χ3v) is 8.17. The Balaban J connectivity index is 1.80. The van der Waals surface area contributed by atoms with Gasteiger partial charge >= 0.3 is 0 Å². The smallest absolute Gasteiger partial charge is 0.260 e. The van der Waals surface area contributed by atoms with Crippen molar-refractivity contribution < 1.29 is 19.1 Å². The van der Waals surface area contributed by atoms with Crippen LogP contribution in [0.15, 0.2) is 79.1 Å². The summed E-state index contributed by atoms with van der Waals surface area (Å²) in [5, 5.41) is 1.92. The molecule has 0 aliphatic carbocycles. The fraction of sp³-hybridized carbons (Fsp3) is 0.436. The van der Waals surface area contributed by atoms with Crippen LogP contribution >= 0.6 is 0 Å². The molecule has 0 bridgehead atoms. The summed E-state index contributed by atoms with van der Waals surface area (Å²) in [4.78, 5) is 42.1. The predicted octanol–water partition coefficient (Wildman–Crippen LogP) is 6.88. The van der Waals surface area contributed by atoms with E-state index >= 15 is 0 Å². The SMILES string of the molecule is CC(C)N(C(=O)COc1cc2ccccc2c(CN(Cc2ccccn2)Cc2ccccn2)c1OCC(=O)N(C(C)C)C(C)C)C(C)C. The van der Waals surface area contributed by atoms with Gasteiger partial charge in [-0.2, -0.15) is 0 Å². The van der Waals surface area contributed by atoms with Gasteiger partial charge in [0.15, 0.2) is 24.7 Å². The van der Waals surface area contributed by atoms with Gasteiger partial charge in [-0.25, -0.2) is 0 Å². The van der Waals surface area contributed by atoms with Gasteiger partial charge in [-0.1, -0.05) is 36.4 Å². The van der Waals surface area contributed by atoms with Crippen molar-refractivity contribution in [2.75, 3.05) is 13.2 Å². The van der Waals surface area contributed by atoms with Crippen LogP contribution in [-0.2, 0) is 29.2 Å². The van der Waals surface area contributed by atoms with E-state index in [9.17, 15) is 9.59 Å². The maximum absolute atomic E-state index is 13.6. The summed E-state index contributed by atoms with van der Waals surface area (Å²) in [6.07, 6.45) is 3.59. The lowest BCUT2D eigenvalue weighted by molar-refractivity contribution is -0.138. The van der Waals surface area contributed by atoms with Crippen LogP contribution in [0.5, 0.6) is 11.5 Å². The number of pyridine rings is 2. The zero-order valence-electron chi connectivity index (χ0n) is 29.7. The Bertz CT molecular complexity index is 1570. The molecule has 0 saturated carbocycles. The molecule has 0 N–H and O–H groups in total. The van der Waals surface area contributed by atoms with Crippen molar-refractivity contribution in [1.82, 2.24) is 24.7 Å². The van der Waals surface area contributed by atoms with Crippen molar-refractivity contribution in [3.05, 3.63) is 96.1 Å². The molecule has 0 saturated heterocycles. The van der Waals surface area contributed by atoms with Crippen LogP contribution in [0.1, 0.15) is 72.3 Å². The molecule has 2 aromatic carbocycles. The third kappa shape index (κ3) is 9.53. The van der Waals surface area contributed by atoms with Crippen LogP contribution in [0.4, 0.5) is 0 Å². The molecule has 0 atom stereocenters. The highest BCUT2D eigenvalue weighted by atomic mass is 16.5. The van der Waals surface area contributed by atoms with Crippen molar-refractivity contribution in [2.24, 2.45) is 0 Å². The summed E-state index contributed by atoms with van der Waals surface area (Å²) in [5.74, 6) is 0.642. The van der Waals surface area contributed by atoms with E-state index in [4.69, 9.17) is 9.47 Å². The number of hydrogen-bond acceptors (Lipinski definition) is 7. The summed E-state index contributed by atoms with van der Waals surface area (Å²) in [6, 6.07) is 21.8. The first kappa shape index (κ1) is 36.3. The van der Waals surface area contributed by atoms with Crippen LogP contribution in [0.25, 0.3) is 10.8 Å². The van der Waals surface area contributed by atoms with Crippen LogP contribution in [0.2, 0.25) is 0 Å². The highest BCUT2D eigenvalue weighted by molar-refractivity contribution is 5.90. The second kappa shape index (κ2) is 17.1. The Hall–Kier alpha value is -4.50. The van der Waals surface area contributed by atoms with Crippen LogP contribution in [0.3, 0.4) is 0 Å². The molecule has 0 fully saturated rings. The number of benzene rings is 2. The molecule has 256 valence electrons. The van der Waals surface area contributed by atoms with E-state index in [2.05, 4.69) is 20.9 Å². The highest BCUT2D eigenvalue weighted by Crippen LogP contribution is 2.39. The lowest BCUT2D eigenvalue weighted by Gasteiger charge is -2.32. The minimum atomic E-state index is -0.170. The topological polar surface area (TPSA) is 88.1 Å². The summed E-state index contributed by atoms with van der Waals surface area (Å²) in [6.45, 7) is 17.2. The second-order valence-electron chi connectivity index (χ2n) is 13.2. The van der Waals surface area contributed by atoms with Gasteiger partial charge in [0.25, 0.3) is 11.8 Å². The van der Waals surface area contributed by atoms with Crippen LogP contribution in [0, 0.1) is 0 Å². The number of fused-ring (bicyclic) bond motifs is 1. The van der Waals surface area contributed by atoms with Crippen molar-refractivity contribution in [1.29, 1.82) is 0 Å². The Morgan fingerprint density at radius 1 is 0.625 bits per heavy atom. The molecule has 48 heavy (non-hydrogen) atoms. The van der Waals surface area contributed by atoms with E-state index in [1.54, 1.807) is 12.4 Å². The molecular formula is C39H51N5O4. The van der Waals surface area contributed by atoms with Gasteiger partial charge in [-0.3, -0.25) is 24.5 Å². The van der Waals surface area contributed by atoms with E-state index in [-0.39, 0.29) is 49.2 Å². The average Bonchev–Trinajstić information content (AvgIpc) is 3.03.